The van der Waals surface area contributed by atoms with Crippen LogP contribution in [0.1, 0.15) is 20.7 Å². The van der Waals surface area contributed by atoms with Crippen LogP contribution in [-0.4, -0.2) is 22.0 Å². The smallest absolute Gasteiger partial charge is 0.340 e. The van der Waals surface area contributed by atoms with E-state index < -0.39 is 29.2 Å². The van der Waals surface area contributed by atoms with Crippen molar-refractivity contribution in [1.29, 1.82) is 0 Å². The molecule has 0 fully saturated rings. The van der Waals surface area contributed by atoms with Gasteiger partial charge in [0, 0.05) is 6.20 Å². The molecule has 20 heavy (non-hydrogen) atoms. The molecule has 102 valence electrons. The highest BCUT2D eigenvalue weighted by atomic mass is 19.1. The second-order valence-corrected chi connectivity index (χ2v) is 3.79. The lowest BCUT2D eigenvalue weighted by molar-refractivity contribution is 0.0693. The minimum atomic E-state index is -1.50. The van der Waals surface area contributed by atoms with Gasteiger partial charge < -0.3 is 10.4 Å². The summed E-state index contributed by atoms with van der Waals surface area (Å²) >= 11 is 0. The first kappa shape index (κ1) is 13.6. The lowest BCUT2D eigenvalue weighted by Crippen LogP contribution is -2.16. The van der Waals surface area contributed by atoms with Gasteiger partial charge >= 0.3 is 5.97 Å². The number of hydrogen-bond acceptors (Lipinski definition) is 3. The normalized spacial score (nSPS) is 10.1. The predicted octanol–water partition coefficient (Wildman–Crippen LogP) is 2.31. The summed E-state index contributed by atoms with van der Waals surface area (Å²) < 4.78 is 26.0. The minimum Gasteiger partial charge on any atom is -0.478 e. The van der Waals surface area contributed by atoms with Crippen LogP contribution in [0.25, 0.3) is 0 Å². The van der Waals surface area contributed by atoms with E-state index in [-0.39, 0.29) is 11.3 Å². The van der Waals surface area contributed by atoms with Crippen molar-refractivity contribution in [3.05, 3.63) is 59.4 Å². The van der Waals surface area contributed by atoms with Crippen LogP contribution in [0.5, 0.6) is 0 Å². The molecule has 0 spiro atoms. The van der Waals surface area contributed by atoms with Gasteiger partial charge in [-0.1, -0.05) is 6.07 Å². The van der Waals surface area contributed by atoms with Crippen molar-refractivity contribution in [3.63, 3.8) is 0 Å². The van der Waals surface area contributed by atoms with E-state index in [4.69, 9.17) is 5.11 Å². The topological polar surface area (TPSA) is 79.3 Å². The Morgan fingerprint density at radius 3 is 2.50 bits per heavy atom. The number of carbonyl (C=O) groups excluding carboxylic acids is 1. The lowest BCUT2D eigenvalue weighted by Gasteiger charge is -2.08. The van der Waals surface area contributed by atoms with E-state index in [9.17, 15) is 18.4 Å². The molecule has 1 aromatic carbocycles. The van der Waals surface area contributed by atoms with Gasteiger partial charge in [-0.15, -0.1) is 0 Å². The molecule has 0 radical (unpaired) electrons. The largest absolute Gasteiger partial charge is 0.478 e. The van der Waals surface area contributed by atoms with Crippen molar-refractivity contribution in [1.82, 2.24) is 4.98 Å². The predicted molar refractivity (Wildman–Crippen MR) is 65.5 cm³/mol. The molecule has 2 N–H and O–H groups in total. The van der Waals surface area contributed by atoms with Crippen molar-refractivity contribution in [3.8, 4) is 0 Å². The molecule has 1 heterocycles. The van der Waals surface area contributed by atoms with E-state index in [1.165, 1.54) is 18.2 Å². The Labute approximate surface area is 111 Å². The van der Waals surface area contributed by atoms with E-state index in [0.717, 1.165) is 18.3 Å². The zero-order valence-electron chi connectivity index (χ0n) is 9.93. The van der Waals surface area contributed by atoms with Crippen LogP contribution in [-0.2, 0) is 0 Å². The number of nitrogens with one attached hydrogen (secondary N) is 1. The fraction of sp³-hybridized carbons (Fsp3) is 0. The van der Waals surface area contributed by atoms with Crippen LogP contribution in [0.2, 0.25) is 0 Å². The van der Waals surface area contributed by atoms with Crippen LogP contribution >= 0.6 is 0 Å². The Morgan fingerprint density at radius 1 is 1.15 bits per heavy atom. The average Bonchev–Trinajstić information content (AvgIpc) is 2.39. The summed E-state index contributed by atoms with van der Waals surface area (Å²) in [5, 5.41) is 11.2. The van der Waals surface area contributed by atoms with E-state index >= 15 is 0 Å². The van der Waals surface area contributed by atoms with E-state index in [1.54, 1.807) is 0 Å². The molecule has 1 aromatic heterocycles. The molecule has 2 rings (SSSR count). The number of pyridine rings is 1. The second-order valence-electron chi connectivity index (χ2n) is 3.79. The molecule has 0 saturated carbocycles. The van der Waals surface area contributed by atoms with Gasteiger partial charge in [-0.05, 0) is 24.3 Å². The van der Waals surface area contributed by atoms with Gasteiger partial charge in [0.1, 0.15) is 11.4 Å². The molecule has 0 aliphatic carbocycles. The molecular weight excluding hydrogens is 270 g/mol. The van der Waals surface area contributed by atoms with Crippen molar-refractivity contribution in [2.75, 3.05) is 5.32 Å². The fourth-order valence-electron chi connectivity index (χ4n) is 1.55. The number of benzene rings is 1. The van der Waals surface area contributed by atoms with Gasteiger partial charge in [0.2, 0.25) is 5.95 Å². The van der Waals surface area contributed by atoms with Crippen molar-refractivity contribution in [2.24, 2.45) is 0 Å². The average molecular weight is 278 g/mol. The number of hydrogen-bond donors (Lipinski definition) is 2. The number of halogens is 2. The summed E-state index contributed by atoms with van der Waals surface area (Å²) in [6.07, 6.45) is 0.990. The summed E-state index contributed by atoms with van der Waals surface area (Å²) in [5.74, 6) is -3.94. The van der Waals surface area contributed by atoms with Crippen LogP contribution < -0.4 is 5.32 Å². The maximum atomic E-state index is 13.4. The number of rotatable bonds is 3. The van der Waals surface area contributed by atoms with Crippen LogP contribution in [0.4, 0.5) is 14.5 Å². The molecule has 0 unspecified atom stereocenters. The van der Waals surface area contributed by atoms with Crippen molar-refractivity contribution < 1.29 is 23.5 Å². The Bertz CT molecular complexity index is 672. The van der Waals surface area contributed by atoms with E-state index in [0.29, 0.717) is 0 Å². The first-order chi connectivity index (χ1) is 9.49. The van der Waals surface area contributed by atoms with Gasteiger partial charge in [0.15, 0.2) is 0 Å². The fourth-order valence-corrected chi connectivity index (χ4v) is 1.55. The van der Waals surface area contributed by atoms with Gasteiger partial charge in [-0.2, -0.15) is 4.39 Å². The Kier molecular flexibility index (Phi) is 3.69. The number of aromatic carboxylic acids is 1. The third-order valence-electron chi connectivity index (χ3n) is 2.47. The SMILES string of the molecule is O=C(Nc1cccc(F)c1C(=O)O)c1ccc(F)nc1. The molecule has 0 bridgehead atoms. The number of aromatic nitrogens is 1. The second kappa shape index (κ2) is 5.43. The summed E-state index contributed by atoms with van der Waals surface area (Å²) in [6.45, 7) is 0. The highest BCUT2D eigenvalue weighted by molar-refractivity contribution is 6.07. The number of nitrogens with zero attached hydrogens (tertiary/aromatic N) is 1. The molecule has 5 nitrogen and oxygen atoms in total. The van der Waals surface area contributed by atoms with Crippen molar-refractivity contribution in [2.45, 2.75) is 0 Å². The maximum absolute atomic E-state index is 13.4. The molecular formula is C13H8F2N2O3. The maximum Gasteiger partial charge on any atom is 0.340 e. The molecule has 7 heteroatoms. The highest BCUT2D eigenvalue weighted by Crippen LogP contribution is 2.19. The van der Waals surface area contributed by atoms with Crippen molar-refractivity contribution >= 4 is 17.6 Å². The molecule has 0 aliphatic rings. The van der Waals surface area contributed by atoms with Crippen LogP contribution in [0.3, 0.4) is 0 Å². The van der Waals surface area contributed by atoms with E-state index in [2.05, 4.69) is 10.3 Å². The highest BCUT2D eigenvalue weighted by Gasteiger charge is 2.18. The van der Waals surface area contributed by atoms with Gasteiger partial charge in [-0.25, -0.2) is 14.2 Å². The molecule has 2 aromatic rings. The summed E-state index contributed by atoms with van der Waals surface area (Å²) in [4.78, 5) is 26.1. The number of amides is 1. The Balaban J connectivity index is 2.30. The third kappa shape index (κ3) is 2.77. The molecule has 0 atom stereocenters. The van der Waals surface area contributed by atoms with E-state index in [1.807, 2.05) is 0 Å². The first-order valence-electron chi connectivity index (χ1n) is 5.44. The molecule has 0 saturated heterocycles. The zero-order chi connectivity index (χ0) is 14.7. The molecule has 1 amide bonds. The Morgan fingerprint density at radius 2 is 1.90 bits per heavy atom. The summed E-state index contributed by atoms with van der Waals surface area (Å²) in [7, 11) is 0. The van der Waals surface area contributed by atoms with Gasteiger partial charge in [0.25, 0.3) is 5.91 Å². The minimum absolute atomic E-state index is 0.0204. The van der Waals surface area contributed by atoms with Crippen LogP contribution in [0, 0.1) is 11.8 Å². The summed E-state index contributed by atoms with van der Waals surface area (Å²) in [6, 6.07) is 5.65. The number of carboxylic acid groups (broad SMARTS) is 1. The Hall–Kier alpha value is -2.83. The third-order valence-corrected chi connectivity index (χ3v) is 2.47. The van der Waals surface area contributed by atoms with Crippen LogP contribution in [0.15, 0.2) is 36.5 Å². The number of carboxylic acids is 1. The lowest BCUT2D eigenvalue weighted by atomic mass is 10.1. The summed E-state index contributed by atoms with van der Waals surface area (Å²) in [5.41, 5.74) is -0.810. The first-order valence-corrected chi connectivity index (χ1v) is 5.44. The standard InChI is InChI=1S/C13H8F2N2O3/c14-8-2-1-3-9(11(8)13(19)20)17-12(18)7-4-5-10(15)16-6-7/h1-6H,(H,17,18)(H,19,20). The zero-order valence-corrected chi connectivity index (χ0v) is 9.93. The quantitative estimate of drug-likeness (QED) is 0.844. The molecule has 0 aliphatic heterocycles. The van der Waals surface area contributed by atoms with Gasteiger partial charge in [0.05, 0.1) is 11.3 Å². The number of anilines is 1. The number of carbonyl (C=O) groups is 2. The van der Waals surface area contributed by atoms with Gasteiger partial charge in [-0.3, -0.25) is 4.79 Å². The monoisotopic (exact) mass is 278 g/mol.